The molecule has 0 saturated heterocycles. The summed E-state index contributed by atoms with van der Waals surface area (Å²) in [7, 11) is 0. The van der Waals surface area contributed by atoms with Crippen molar-refractivity contribution in [2.75, 3.05) is 4.90 Å². The van der Waals surface area contributed by atoms with E-state index in [1.54, 1.807) is 0 Å². The van der Waals surface area contributed by atoms with Gasteiger partial charge < -0.3 is 4.42 Å². The van der Waals surface area contributed by atoms with Crippen LogP contribution in [0.2, 0.25) is 0 Å². The van der Waals surface area contributed by atoms with Gasteiger partial charge in [0.2, 0.25) is 5.88 Å². The molecule has 0 amide bonds. The summed E-state index contributed by atoms with van der Waals surface area (Å²) in [6.07, 6.45) is 2.28. The molecule has 0 spiro atoms. The fourth-order valence-electron chi connectivity index (χ4n) is 7.82. The van der Waals surface area contributed by atoms with Crippen molar-refractivity contribution in [1.29, 1.82) is 0 Å². The van der Waals surface area contributed by atoms with Gasteiger partial charge >= 0.3 is 0 Å². The van der Waals surface area contributed by atoms with Crippen molar-refractivity contribution in [1.82, 2.24) is 0 Å². The number of hydrogen-bond acceptors (Lipinski definition) is 2. The van der Waals surface area contributed by atoms with Crippen LogP contribution < -0.4 is 21.3 Å². The molecule has 40 heavy (non-hydrogen) atoms. The van der Waals surface area contributed by atoms with Gasteiger partial charge in [-0.1, -0.05) is 100 Å². The number of para-hydroxylation sites is 1. The van der Waals surface area contributed by atoms with Gasteiger partial charge in [-0.15, -0.1) is 0 Å². The average Bonchev–Trinajstić information content (AvgIpc) is 3.25. The third-order valence-corrected chi connectivity index (χ3v) is 9.86. The Morgan fingerprint density at radius 3 is 2.35 bits per heavy atom. The maximum Gasteiger partial charge on any atom is 0.252 e. The van der Waals surface area contributed by atoms with Crippen molar-refractivity contribution < 1.29 is 4.42 Å². The highest BCUT2D eigenvalue weighted by molar-refractivity contribution is 7.00. The maximum absolute atomic E-state index is 7.15. The highest BCUT2D eigenvalue weighted by Gasteiger charge is 2.49. The van der Waals surface area contributed by atoms with Crippen molar-refractivity contribution in [2.45, 2.75) is 72.1 Å². The van der Waals surface area contributed by atoms with Gasteiger partial charge in [0.05, 0.1) is 5.69 Å². The van der Waals surface area contributed by atoms with Crippen LogP contribution in [0.3, 0.4) is 0 Å². The molecule has 4 aromatic carbocycles. The number of furan rings is 1. The Kier molecular flexibility index (Phi) is 4.66. The zero-order valence-electron chi connectivity index (χ0n) is 24.7. The number of hydrogen-bond donors (Lipinski definition) is 0. The van der Waals surface area contributed by atoms with Crippen LogP contribution in [-0.4, -0.2) is 6.71 Å². The molecule has 0 bridgehead atoms. The van der Waals surface area contributed by atoms with Gasteiger partial charge in [-0.3, -0.25) is 4.90 Å². The van der Waals surface area contributed by atoms with E-state index in [0.717, 1.165) is 24.3 Å². The van der Waals surface area contributed by atoms with Gasteiger partial charge in [-0.2, -0.15) is 0 Å². The second-order valence-corrected chi connectivity index (χ2v) is 13.9. The molecule has 2 aliphatic heterocycles. The Hall–Kier alpha value is -3.72. The minimum atomic E-state index is -0.101. The summed E-state index contributed by atoms with van der Waals surface area (Å²) in [6, 6.07) is 25.6. The molecule has 3 heteroatoms. The zero-order valence-corrected chi connectivity index (χ0v) is 24.7. The van der Waals surface area contributed by atoms with Crippen molar-refractivity contribution in [3.63, 3.8) is 0 Å². The largest absolute Gasteiger partial charge is 0.440 e. The first kappa shape index (κ1) is 24.1. The van der Waals surface area contributed by atoms with Crippen molar-refractivity contribution in [3.8, 4) is 0 Å². The van der Waals surface area contributed by atoms with Crippen LogP contribution in [0, 0.1) is 13.8 Å². The molecule has 1 aromatic heterocycles. The first-order valence-corrected chi connectivity index (χ1v) is 14.8. The summed E-state index contributed by atoms with van der Waals surface area (Å²) >= 11 is 0. The highest BCUT2D eigenvalue weighted by atomic mass is 16.4. The Morgan fingerprint density at radius 1 is 0.800 bits per heavy atom. The lowest BCUT2D eigenvalue weighted by molar-refractivity contribution is 0.561. The number of fused-ring (bicyclic) bond motifs is 7. The maximum atomic E-state index is 7.15. The molecule has 0 saturated carbocycles. The van der Waals surface area contributed by atoms with Crippen LogP contribution in [0.15, 0.2) is 71.1 Å². The van der Waals surface area contributed by atoms with Gasteiger partial charge in [-0.25, -0.2) is 0 Å². The van der Waals surface area contributed by atoms with E-state index in [1.807, 2.05) is 0 Å². The van der Waals surface area contributed by atoms with Gasteiger partial charge in [0.1, 0.15) is 5.58 Å². The van der Waals surface area contributed by atoms with E-state index in [4.69, 9.17) is 4.42 Å². The van der Waals surface area contributed by atoms with Crippen LogP contribution in [0.25, 0.3) is 11.0 Å². The first-order valence-electron chi connectivity index (χ1n) is 14.8. The molecule has 0 radical (unpaired) electrons. The number of aryl methyl sites for hydroxylation is 3. The Morgan fingerprint density at radius 2 is 1.60 bits per heavy atom. The summed E-state index contributed by atoms with van der Waals surface area (Å²) in [6.45, 7) is 16.3. The van der Waals surface area contributed by atoms with E-state index in [2.05, 4.69) is 120 Å². The van der Waals surface area contributed by atoms with E-state index < -0.39 is 0 Å². The zero-order chi connectivity index (χ0) is 27.7. The molecule has 0 atom stereocenters. The summed E-state index contributed by atoms with van der Waals surface area (Å²) < 4.78 is 7.15. The molecular formula is C37H36BNO. The topological polar surface area (TPSA) is 16.4 Å². The summed E-state index contributed by atoms with van der Waals surface area (Å²) in [5.41, 5.74) is 17.3. The number of rotatable bonds is 1. The van der Waals surface area contributed by atoms with Crippen LogP contribution in [-0.2, 0) is 23.7 Å². The van der Waals surface area contributed by atoms with Crippen LogP contribution in [0.4, 0.5) is 17.3 Å². The van der Waals surface area contributed by atoms with Crippen molar-refractivity contribution in [2.24, 2.45) is 0 Å². The lowest BCUT2D eigenvalue weighted by Gasteiger charge is -2.44. The second-order valence-electron chi connectivity index (χ2n) is 13.9. The van der Waals surface area contributed by atoms with Crippen LogP contribution in [0.5, 0.6) is 0 Å². The molecule has 3 aliphatic rings. The lowest BCUT2D eigenvalue weighted by atomic mass is 9.30. The standard InChI is InChI=1S/C37H36BNO/c1-21-14-17-26-29(19-21)38-32-25-11-9-12-27(36(3,4)5)34(25)40-35(32)39(30-13-8-10-23-15-16-24(23)30)31-20-22(2)18-28(33(31)38)37(26,6)7/h8-14,17-20H,15-16H2,1-7H3. The molecule has 0 fully saturated rings. The van der Waals surface area contributed by atoms with Crippen LogP contribution >= 0.6 is 0 Å². The average molecular weight is 522 g/mol. The van der Waals surface area contributed by atoms with Gasteiger partial charge in [0.25, 0.3) is 6.71 Å². The predicted octanol–water partition coefficient (Wildman–Crippen LogP) is 7.38. The first-order chi connectivity index (χ1) is 19.1. The monoisotopic (exact) mass is 521 g/mol. The molecule has 8 rings (SSSR count). The Bertz CT molecular complexity index is 1900. The number of nitrogens with zero attached hydrogens (tertiary/aromatic N) is 1. The quantitative estimate of drug-likeness (QED) is 0.210. The minimum Gasteiger partial charge on any atom is -0.440 e. The van der Waals surface area contributed by atoms with E-state index in [-0.39, 0.29) is 17.5 Å². The Balaban J connectivity index is 1.56. The van der Waals surface area contributed by atoms with E-state index >= 15 is 0 Å². The predicted molar refractivity (Wildman–Crippen MR) is 170 cm³/mol. The third kappa shape index (κ3) is 3.01. The fourth-order valence-corrected chi connectivity index (χ4v) is 7.82. The molecular weight excluding hydrogens is 485 g/mol. The summed E-state index contributed by atoms with van der Waals surface area (Å²) in [4.78, 5) is 2.49. The SMILES string of the molecule is Cc1ccc2c(c1)B1c3c(cc(C)cc3C2(C)C)N(c2cccc3c2CC3)c2oc3c(C(C)(C)C)cccc3c21. The molecule has 198 valence electrons. The van der Waals surface area contributed by atoms with E-state index in [9.17, 15) is 0 Å². The van der Waals surface area contributed by atoms with Crippen molar-refractivity contribution in [3.05, 3.63) is 106 Å². The lowest BCUT2D eigenvalue weighted by Crippen LogP contribution is -2.64. The minimum absolute atomic E-state index is 0.0288. The normalized spacial score (nSPS) is 16.3. The van der Waals surface area contributed by atoms with Crippen molar-refractivity contribution >= 4 is 51.3 Å². The summed E-state index contributed by atoms with van der Waals surface area (Å²) in [5, 5.41) is 1.25. The number of anilines is 3. The van der Waals surface area contributed by atoms with Crippen LogP contribution in [0.1, 0.15) is 73.6 Å². The van der Waals surface area contributed by atoms with Gasteiger partial charge in [0.15, 0.2) is 0 Å². The summed E-state index contributed by atoms with van der Waals surface area (Å²) in [5.74, 6) is 0.994. The third-order valence-electron chi connectivity index (χ3n) is 9.86. The van der Waals surface area contributed by atoms with E-state index in [1.165, 1.54) is 72.1 Å². The molecule has 0 N–H and O–H groups in total. The Labute approximate surface area is 238 Å². The number of benzene rings is 4. The smallest absolute Gasteiger partial charge is 0.252 e. The molecule has 1 aliphatic carbocycles. The highest BCUT2D eigenvalue weighted by Crippen LogP contribution is 2.48. The van der Waals surface area contributed by atoms with Gasteiger partial charge in [0, 0.05) is 27.5 Å². The molecule has 2 nitrogen and oxygen atoms in total. The van der Waals surface area contributed by atoms with Gasteiger partial charge in [-0.05, 0) is 77.5 Å². The molecule has 5 aromatic rings. The second kappa shape index (κ2) is 7.72. The molecule has 0 unspecified atom stereocenters. The molecule has 3 heterocycles. The van der Waals surface area contributed by atoms with E-state index in [0.29, 0.717) is 0 Å². The fraction of sp³-hybridized carbons (Fsp3) is 0.297.